The van der Waals surface area contributed by atoms with Crippen molar-refractivity contribution in [3.05, 3.63) is 62.5 Å². The van der Waals surface area contributed by atoms with Crippen molar-refractivity contribution in [1.29, 1.82) is 0 Å². The van der Waals surface area contributed by atoms with Gasteiger partial charge in [0.1, 0.15) is 12.6 Å². The van der Waals surface area contributed by atoms with Crippen molar-refractivity contribution in [2.75, 3.05) is 23.7 Å². The molecule has 0 aliphatic carbocycles. The van der Waals surface area contributed by atoms with Crippen molar-refractivity contribution in [2.45, 2.75) is 33.4 Å². The van der Waals surface area contributed by atoms with Crippen LogP contribution in [0, 0.1) is 5.92 Å². The van der Waals surface area contributed by atoms with Crippen molar-refractivity contribution >= 4 is 66.7 Å². The zero-order valence-corrected chi connectivity index (χ0v) is 23.3. The predicted octanol–water partition coefficient (Wildman–Crippen LogP) is 4.71. The molecule has 0 aliphatic heterocycles. The van der Waals surface area contributed by atoms with E-state index in [9.17, 15) is 18.0 Å². The number of amides is 2. The van der Waals surface area contributed by atoms with E-state index in [1.807, 2.05) is 38.1 Å². The summed E-state index contributed by atoms with van der Waals surface area (Å²) in [5.41, 5.74) is 0.940. The third-order valence-corrected chi connectivity index (χ3v) is 6.98. The number of nitrogens with zero attached hydrogens (tertiary/aromatic N) is 2. The van der Waals surface area contributed by atoms with Gasteiger partial charge in [0, 0.05) is 27.6 Å². The number of hydrogen-bond acceptors (Lipinski definition) is 4. The van der Waals surface area contributed by atoms with Crippen LogP contribution >= 0.6 is 39.1 Å². The highest BCUT2D eigenvalue weighted by molar-refractivity contribution is 9.10. The van der Waals surface area contributed by atoms with Gasteiger partial charge in [0.05, 0.1) is 11.9 Å². The Morgan fingerprint density at radius 3 is 2.21 bits per heavy atom. The zero-order chi connectivity index (χ0) is 25.6. The molecule has 2 amide bonds. The van der Waals surface area contributed by atoms with Gasteiger partial charge in [-0.25, -0.2) is 8.42 Å². The van der Waals surface area contributed by atoms with Crippen molar-refractivity contribution in [2.24, 2.45) is 5.92 Å². The van der Waals surface area contributed by atoms with E-state index in [-0.39, 0.29) is 34.1 Å². The zero-order valence-electron chi connectivity index (χ0n) is 19.4. The first-order valence-electron chi connectivity index (χ1n) is 10.5. The third-order valence-electron chi connectivity index (χ3n) is 4.91. The lowest BCUT2D eigenvalue weighted by atomic mass is 10.1. The minimum absolute atomic E-state index is 0.114. The van der Waals surface area contributed by atoms with Crippen LogP contribution in [0.15, 0.2) is 46.9 Å². The average Bonchev–Trinajstić information content (AvgIpc) is 2.71. The first-order chi connectivity index (χ1) is 15.8. The van der Waals surface area contributed by atoms with Crippen LogP contribution in [-0.2, 0) is 26.2 Å². The molecule has 0 fully saturated rings. The Hall–Kier alpha value is -1.81. The second-order valence-electron chi connectivity index (χ2n) is 8.36. The second-order valence-corrected chi connectivity index (χ2v) is 12.1. The Morgan fingerprint density at radius 1 is 1.06 bits per heavy atom. The Bertz CT molecular complexity index is 1120. The number of nitrogens with one attached hydrogen (secondary N) is 1. The molecule has 186 valence electrons. The topological polar surface area (TPSA) is 86.8 Å². The molecule has 0 spiro atoms. The Morgan fingerprint density at radius 2 is 1.68 bits per heavy atom. The third kappa shape index (κ3) is 8.45. The highest BCUT2D eigenvalue weighted by Gasteiger charge is 2.30. The Balaban J connectivity index is 2.40. The van der Waals surface area contributed by atoms with Crippen molar-refractivity contribution in [3.63, 3.8) is 0 Å². The van der Waals surface area contributed by atoms with E-state index in [1.54, 1.807) is 6.92 Å². The molecule has 1 atom stereocenters. The first kappa shape index (κ1) is 28.4. The summed E-state index contributed by atoms with van der Waals surface area (Å²) in [7, 11) is -3.87. The van der Waals surface area contributed by atoms with Crippen molar-refractivity contribution in [3.8, 4) is 0 Å². The lowest BCUT2D eigenvalue weighted by Gasteiger charge is -2.31. The highest BCUT2D eigenvalue weighted by Crippen LogP contribution is 2.27. The van der Waals surface area contributed by atoms with E-state index in [0.717, 1.165) is 20.6 Å². The van der Waals surface area contributed by atoms with Crippen LogP contribution in [0.2, 0.25) is 10.0 Å². The smallest absolute Gasteiger partial charge is 0.244 e. The quantitative estimate of drug-likeness (QED) is 0.433. The number of hydrogen-bond donors (Lipinski definition) is 1. The lowest BCUT2D eigenvalue weighted by molar-refractivity contribution is -0.139. The summed E-state index contributed by atoms with van der Waals surface area (Å²) in [5.74, 6) is -0.638. The Kier molecular flexibility index (Phi) is 10.2. The van der Waals surface area contributed by atoms with E-state index in [0.29, 0.717) is 6.54 Å². The minimum atomic E-state index is -3.87. The maximum atomic E-state index is 13.5. The van der Waals surface area contributed by atoms with Gasteiger partial charge in [0.2, 0.25) is 21.8 Å². The van der Waals surface area contributed by atoms with E-state index in [1.165, 1.54) is 23.1 Å². The summed E-state index contributed by atoms with van der Waals surface area (Å²) in [4.78, 5) is 27.7. The Labute approximate surface area is 219 Å². The molecule has 11 heteroatoms. The standard InChI is InChI=1S/C23H28BrCl2N3O4S/c1-15(2)12-27-23(31)16(3)28(13-17-6-5-7-18(24)8-17)22(30)14-29(34(4,32)33)21-10-19(25)9-20(26)11-21/h5-11,15-16H,12-14H2,1-4H3,(H,27,31)/t16-/m0/s1. The summed E-state index contributed by atoms with van der Waals surface area (Å²) < 4.78 is 26.9. The molecule has 2 aromatic rings. The van der Waals surface area contributed by atoms with Gasteiger partial charge in [-0.2, -0.15) is 0 Å². The van der Waals surface area contributed by atoms with Crippen LogP contribution in [-0.4, -0.2) is 50.5 Å². The molecule has 34 heavy (non-hydrogen) atoms. The van der Waals surface area contributed by atoms with Gasteiger partial charge < -0.3 is 10.2 Å². The van der Waals surface area contributed by atoms with Gasteiger partial charge >= 0.3 is 0 Å². The SMILES string of the molecule is CC(C)CNC(=O)[C@H](C)N(Cc1cccc(Br)c1)C(=O)CN(c1cc(Cl)cc(Cl)c1)S(C)(=O)=O. The summed E-state index contributed by atoms with van der Waals surface area (Å²) in [5, 5.41) is 3.30. The molecule has 0 aliphatic rings. The fraction of sp³-hybridized carbons (Fsp3) is 0.391. The largest absolute Gasteiger partial charge is 0.354 e. The van der Waals surface area contributed by atoms with Gasteiger partial charge in [-0.3, -0.25) is 13.9 Å². The van der Waals surface area contributed by atoms with E-state index in [2.05, 4.69) is 21.2 Å². The fourth-order valence-corrected chi connectivity index (χ4v) is 4.96. The first-order valence-corrected chi connectivity index (χ1v) is 13.9. The monoisotopic (exact) mass is 591 g/mol. The number of carbonyl (C=O) groups excluding carboxylic acids is 2. The van der Waals surface area contributed by atoms with E-state index >= 15 is 0 Å². The molecule has 1 N–H and O–H groups in total. The molecule has 7 nitrogen and oxygen atoms in total. The van der Waals surface area contributed by atoms with Crippen LogP contribution in [0.25, 0.3) is 0 Å². The number of rotatable bonds is 10. The average molecular weight is 593 g/mol. The summed E-state index contributed by atoms with van der Waals surface area (Å²) in [6, 6.07) is 10.8. The van der Waals surface area contributed by atoms with Crippen LogP contribution < -0.4 is 9.62 Å². The number of carbonyl (C=O) groups is 2. The van der Waals surface area contributed by atoms with Gasteiger partial charge in [0.25, 0.3) is 0 Å². The maximum absolute atomic E-state index is 13.5. The fourth-order valence-electron chi connectivity index (χ4n) is 3.16. The van der Waals surface area contributed by atoms with Crippen LogP contribution in [0.5, 0.6) is 0 Å². The van der Waals surface area contributed by atoms with Gasteiger partial charge in [0.15, 0.2) is 0 Å². The molecule has 0 aromatic heterocycles. The van der Waals surface area contributed by atoms with E-state index in [4.69, 9.17) is 23.2 Å². The van der Waals surface area contributed by atoms with Crippen molar-refractivity contribution < 1.29 is 18.0 Å². The summed E-state index contributed by atoms with van der Waals surface area (Å²) >= 11 is 15.5. The number of benzene rings is 2. The normalized spacial score (nSPS) is 12.4. The molecule has 2 rings (SSSR count). The van der Waals surface area contributed by atoms with Crippen molar-refractivity contribution in [1.82, 2.24) is 10.2 Å². The van der Waals surface area contributed by atoms with Gasteiger partial charge in [-0.05, 0) is 48.7 Å². The minimum Gasteiger partial charge on any atom is -0.354 e. The predicted molar refractivity (Wildman–Crippen MR) is 141 cm³/mol. The second kappa shape index (κ2) is 12.2. The lowest BCUT2D eigenvalue weighted by Crippen LogP contribution is -2.51. The molecule has 0 saturated heterocycles. The molecular formula is C23H28BrCl2N3O4S. The highest BCUT2D eigenvalue weighted by atomic mass is 79.9. The maximum Gasteiger partial charge on any atom is 0.244 e. The number of anilines is 1. The molecule has 0 saturated carbocycles. The van der Waals surface area contributed by atoms with Crippen LogP contribution in [0.1, 0.15) is 26.3 Å². The van der Waals surface area contributed by atoms with E-state index < -0.39 is 28.5 Å². The molecular weight excluding hydrogens is 565 g/mol. The summed E-state index contributed by atoms with van der Waals surface area (Å²) in [6.45, 7) is 5.60. The van der Waals surface area contributed by atoms with Gasteiger partial charge in [-0.15, -0.1) is 0 Å². The number of halogens is 3. The molecule has 0 bridgehead atoms. The molecule has 0 radical (unpaired) electrons. The van der Waals surface area contributed by atoms with Gasteiger partial charge in [-0.1, -0.05) is 65.1 Å². The molecule has 2 aromatic carbocycles. The van der Waals surface area contributed by atoms with Crippen LogP contribution in [0.3, 0.4) is 0 Å². The number of sulfonamides is 1. The summed E-state index contributed by atoms with van der Waals surface area (Å²) in [6.07, 6.45) is 0.993. The molecule has 0 unspecified atom stereocenters. The van der Waals surface area contributed by atoms with Crippen LogP contribution in [0.4, 0.5) is 5.69 Å². The molecule has 0 heterocycles.